The van der Waals surface area contributed by atoms with Gasteiger partial charge in [0.25, 0.3) is 0 Å². The van der Waals surface area contributed by atoms with Gasteiger partial charge in [-0.15, -0.1) is 0 Å². The summed E-state index contributed by atoms with van der Waals surface area (Å²) in [5, 5.41) is 9.43. The summed E-state index contributed by atoms with van der Waals surface area (Å²) in [7, 11) is 0. The quantitative estimate of drug-likeness (QED) is 0.783. The highest BCUT2D eigenvalue weighted by Crippen LogP contribution is 2.31. The van der Waals surface area contributed by atoms with Crippen LogP contribution in [0.4, 0.5) is 0 Å². The Bertz CT molecular complexity index is 315. The second-order valence-corrected chi connectivity index (χ2v) is 4.51. The van der Waals surface area contributed by atoms with E-state index in [0.29, 0.717) is 18.4 Å². The van der Waals surface area contributed by atoms with Gasteiger partial charge in [-0.1, -0.05) is 30.3 Å². The molecule has 3 N–H and O–H groups in total. The summed E-state index contributed by atoms with van der Waals surface area (Å²) in [5.41, 5.74) is 6.91. The molecule has 1 fully saturated rings. The highest BCUT2D eigenvalue weighted by molar-refractivity contribution is 5.22. The van der Waals surface area contributed by atoms with Crippen LogP contribution < -0.4 is 5.73 Å². The Morgan fingerprint density at radius 1 is 1.25 bits per heavy atom. The van der Waals surface area contributed by atoms with E-state index >= 15 is 0 Å². The smallest absolute Gasteiger partial charge is 0.0477 e. The largest absolute Gasteiger partial charge is 0.396 e. The molecule has 0 radical (unpaired) electrons. The van der Waals surface area contributed by atoms with Gasteiger partial charge in [-0.25, -0.2) is 0 Å². The molecule has 3 nitrogen and oxygen atoms in total. The summed E-state index contributed by atoms with van der Waals surface area (Å²) in [6.07, 6.45) is 0. The molecule has 2 rings (SSSR count). The van der Waals surface area contributed by atoms with Crippen LogP contribution in [0.15, 0.2) is 30.3 Å². The molecule has 1 aliphatic heterocycles. The minimum Gasteiger partial charge on any atom is -0.396 e. The number of hydrogen-bond acceptors (Lipinski definition) is 3. The van der Waals surface area contributed by atoms with E-state index in [9.17, 15) is 5.11 Å². The maximum absolute atomic E-state index is 9.43. The van der Waals surface area contributed by atoms with E-state index in [1.54, 1.807) is 0 Å². The molecule has 1 saturated heterocycles. The van der Waals surface area contributed by atoms with Crippen molar-refractivity contribution >= 4 is 0 Å². The summed E-state index contributed by atoms with van der Waals surface area (Å²) in [6.45, 7) is 3.87. The fourth-order valence-electron chi connectivity index (χ4n) is 2.59. The molecule has 0 saturated carbocycles. The van der Waals surface area contributed by atoms with Gasteiger partial charge < -0.3 is 15.7 Å². The van der Waals surface area contributed by atoms with Gasteiger partial charge in [-0.2, -0.15) is 0 Å². The first-order valence-corrected chi connectivity index (χ1v) is 5.93. The van der Waals surface area contributed by atoms with Crippen LogP contribution in [-0.2, 0) is 0 Å². The molecule has 88 valence electrons. The van der Waals surface area contributed by atoms with Crippen molar-refractivity contribution in [1.82, 2.24) is 4.90 Å². The molecule has 1 heterocycles. The average molecular weight is 220 g/mol. The van der Waals surface area contributed by atoms with Crippen molar-refractivity contribution in [2.45, 2.75) is 5.92 Å². The van der Waals surface area contributed by atoms with Crippen LogP contribution in [0, 0.1) is 5.92 Å². The maximum atomic E-state index is 9.43. The van der Waals surface area contributed by atoms with E-state index in [1.807, 2.05) is 6.07 Å². The van der Waals surface area contributed by atoms with Crippen LogP contribution in [0.25, 0.3) is 0 Å². The zero-order valence-electron chi connectivity index (χ0n) is 9.55. The summed E-state index contributed by atoms with van der Waals surface area (Å²) in [6, 6.07) is 10.5. The number of nitrogens with two attached hydrogens (primary N) is 1. The molecule has 0 amide bonds. The zero-order valence-corrected chi connectivity index (χ0v) is 9.55. The Morgan fingerprint density at radius 2 is 2.00 bits per heavy atom. The molecule has 0 aliphatic carbocycles. The number of hydrogen-bond donors (Lipinski definition) is 2. The molecular formula is C13H20N2O. The van der Waals surface area contributed by atoms with E-state index in [-0.39, 0.29) is 6.61 Å². The van der Waals surface area contributed by atoms with Gasteiger partial charge in [0, 0.05) is 44.6 Å². The monoisotopic (exact) mass is 220 g/mol. The SMILES string of the molecule is NCCN1C[C@@H](CO)[C@H](c2ccccc2)C1. The van der Waals surface area contributed by atoms with Gasteiger partial charge in [0.1, 0.15) is 0 Å². The van der Waals surface area contributed by atoms with Crippen molar-refractivity contribution in [3.63, 3.8) is 0 Å². The first-order valence-electron chi connectivity index (χ1n) is 5.93. The molecule has 0 bridgehead atoms. The van der Waals surface area contributed by atoms with E-state index in [0.717, 1.165) is 19.6 Å². The van der Waals surface area contributed by atoms with E-state index in [4.69, 9.17) is 5.73 Å². The van der Waals surface area contributed by atoms with Crippen molar-refractivity contribution in [2.24, 2.45) is 11.7 Å². The van der Waals surface area contributed by atoms with Crippen LogP contribution in [0.1, 0.15) is 11.5 Å². The molecule has 3 heteroatoms. The Kier molecular flexibility index (Phi) is 3.93. The lowest BCUT2D eigenvalue weighted by atomic mass is 9.90. The number of benzene rings is 1. The van der Waals surface area contributed by atoms with E-state index in [1.165, 1.54) is 5.56 Å². The number of likely N-dealkylation sites (tertiary alicyclic amines) is 1. The highest BCUT2D eigenvalue weighted by atomic mass is 16.3. The van der Waals surface area contributed by atoms with Gasteiger partial charge >= 0.3 is 0 Å². The van der Waals surface area contributed by atoms with Crippen molar-refractivity contribution in [3.05, 3.63) is 35.9 Å². The van der Waals surface area contributed by atoms with Crippen LogP contribution >= 0.6 is 0 Å². The molecule has 0 spiro atoms. The van der Waals surface area contributed by atoms with Gasteiger partial charge in [-0.3, -0.25) is 0 Å². The number of aliphatic hydroxyl groups is 1. The predicted octanol–water partition coefficient (Wildman–Crippen LogP) is 0.653. The van der Waals surface area contributed by atoms with Crippen LogP contribution in [-0.4, -0.2) is 42.8 Å². The Morgan fingerprint density at radius 3 is 2.62 bits per heavy atom. The third kappa shape index (κ3) is 2.43. The fraction of sp³-hybridized carbons (Fsp3) is 0.538. The Hall–Kier alpha value is -0.900. The topological polar surface area (TPSA) is 49.5 Å². The fourth-order valence-corrected chi connectivity index (χ4v) is 2.59. The molecule has 1 aromatic rings. The maximum Gasteiger partial charge on any atom is 0.0477 e. The second-order valence-electron chi connectivity index (χ2n) is 4.51. The first-order chi connectivity index (χ1) is 7.85. The minimum atomic E-state index is 0.265. The molecule has 16 heavy (non-hydrogen) atoms. The third-order valence-corrected chi connectivity index (χ3v) is 3.42. The summed E-state index contributed by atoms with van der Waals surface area (Å²) in [5.74, 6) is 0.812. The summed E-state index contributed by atoms with van der Waals surface area (Å²) < 4.78 is 0. The van der Waals surface area contributed by atoms with Gasteiger partial charge in [0.05, 0.1) is 0 Å². The molecule has 2 atom stereocenters. The van der Waals surface area contributed by atoms with Crippen LogP contribution in [0.5, 0.6) is 0 Å². The molecule has 1 aromatic carbocycles. The number of nitrogens with zero attached hydrogens (tertiary/aromatic N) is 1. The lowest BCUT2D eigenvalue weighted by molar-refractivity contribution is 0.216. The Labute approximate surface area is 96.9 Å². The van der Waals surface area contributed by atoms with Crippen molar-refractivity contribution in [1.29, 1.82) is 0 Å². The Balaban J connectivity index is 2.09. The van der Waals surface area contributed by atoms with Gasteiger partial charge in [0.2, 0.25) is 0 Å². The highest BCUT2D eigenvalue weighted by Gasteiger charge is 2.32. The van der Waals surface area contributed by atoms with E-state index in [2.05, 4.69) is 29.2 Å². The summed E-state index contributed by atoms with van der Waals surface area (Å²) >= 11 is 0. The molecule has 0 unspecified atom stereocenters. The summed E-state index contributed by atoms with van der Waals surface area (Å²) in [4.78, 5) is 2.35. The first kappa shape index (κ1) is 11.6. The minimum absolute atomic E-state index is 0.265. The van der Waals surface area contributed by atoms with Crippen molar-refractivity contribution in [2.75, 3.05) is 32.8 Å². The van der Waals surface area contributed by atoms with E-state index < -0.39 is 0 Å². The van der Waals surface area contributed by atoms with Crippen molar-refractivity contribution < 1.29 is 5.11 Å². The molecule has 0 aromatic heterocycles. The molecule has 1 aliphatic rings. The van der Waals surface area contributed by atoms with Gasteiger partial charge in [-0.05, 0) is 5.56 Å². The number of aliphatic hydroxyl groups excluding tert-OH is 1. The van der Waals surface area contributed by atoms with Crippen LogP contribution in [0.3, 0.4) is 0 Å². The molecular weight excluding hydrogens is 200 g/mol. The van der Waals surface area contributed by atoms with Crippen molar-refractivity contribution in [3.8, 4) is 0 Å². The normalized spacial score (nSPS) is 26.1. The lowest BCUT2D eigenvalue weighted by Gasteiger charge is -2.16. The van der Waals surface area contributed by atoms with Crippen LogP contribution in [0.2, 0.25) is 0 Å². The second kappa shape index (κ2) is 5.43. The zero-order chi connectivity index (χ0) is 11.4. The third-order valence-electron chi connectivity index (χ3n) is 3.42. The predicted molar refractivity (Wildman–Crippen MR) is 65.3 cm³/mol. The van der Waals surface area contributed by atoms with Gasteiger partial charge in [0.15, 0.2) is 0 Å². The average Bonchev–Trinajstić information content (AvgIpc) is 2.74. The lowest BCUT2D eigenvalue weighted by Crippen LogP contribution is -2.27. The number of rotatable bonds is 4. The standard InChI is InChI=1S/C13H20N2O/c14-6-7-15-8-12(10-16)13(9-15)11-4-2-1-3-5-11/h1-5,12-13,16H,6-10,14H2/t12-,13-/m0/s1.